The Labute approximate surface area is 186 Å². The van der Waals surface area contributed by atoms with Gasteiger partial charge >= 0.3 is 5.97 Å². The van der Waals surface area contributed by atoms with Gasteiger partial charge in [-0.2, -0.15) is 0 Å². The zero-order valence-electron chi connectivity index (χ0n) is 17.6. The number of rotatable bonds is 3. The van der Waals surface area contributed by atoms with Crippen molar-refractivity contribution in [2.45, 2.75) is 18.7 Å². The van der Waals surface area contributed by atoms with E-state index in [1.165, 1.54) is 30.1 Å². The van der Waals surface area contributed by atoms with Crippen molar-refractivity contribution < 1.29 is 24.1 Å². The molecule has 3 aromatic rings. The Kier molecular flexibility index (Phi) is 4.59. The van der Waals surface area contributed by atoms with E-state index in [4.69, 9.17) is 14.2 Å². The number of para-hydroxylation sites is 2. The molecule has 3 heterocycles. The van der Waals surface area contributed by atoms with Gasteiger partial charge < -0.3 is 19.3 Å². The zero-order valence-corrected chi connectivity index (χ0v) is 18.4. The summed E-state index contributed by atoms with van der Waals surface area (Å²) in [5.74, 6) is -0.518. The first-order chi connectivity index (χ1) is 15.4. The van der Waals surface area contributed by atoms with Crippen molar-refractivity contribution >= 4 is 23.4 Å². The highest BCUT2D eigenvalue weighted by Crippen LogP contribution is 2.47. The maximum atomic E-state index is 13.5. The van der Waals surface area contributed by atoms with E-state index in [-0.39, 0.29) is 11.3 Å². The standard InChI is InChI=1S/C23H20N2O6S/c1-23-17(21(28)30-3)18(13-8-4-5-9-14(13)31-23)25-20(27)16(32-22(25)24-23)11-12-7-6-10-15(29-2)19(12)26/h4-11,17-18,26H,1-3H3/b16-11-/t17?,18?,23-/m0/s1. The highest BCUT2D eigenvalue weighted by molar-refractivity contribution is 7.07. The third kappa shape index (κ3) is 2.85. The number of carbonyl (C=O) groups excluding carboxylic acids is 1. The number of phenols is 1. The van der Waals surface area contributed by atoms with Crippen LogP contribution in [-0.2, 0) is 9.53 Å². The first-order valence-electron chi connectivity index (χ1n) is 9.92. The Morgan fingerprint density at radius 2 is 2.03 bits per heavy atom. The van der Waals surface area contributed by atoms with Crippen molar-refractivity contribution in [2.24, 2.45) is 10.9 Å². The molecule has 1 aromatic heterocycles. The fraction of sp³-hybridized carbons (Fsp3) is 0.261. The van der Waals surface area contributed by atoms with Crippen molar-refractivity contribution in [3.8, 4) is 17.2 Å². The number of aromatic hydroxyl groups is 1. The second kappa shape index (κ2) is 7.23. The lowest BCUT2D eigenvalue weighted by Crippen LogP contribution is -2.58. The van der Waals surface area contributed by atoms with Gasteiger partial charge in [0.05, 0.1) is 24.8 Å². The fourth-order valence-corrected chi connectivity index (χ4v) is 5.48. The molecule has 2 bridgehead atoms. The number of hydrogen-bond acceptors (Lipinski definition) is 8. The first kappa shape index (κ1) is 20.3. The summed E-state index contributed by atoms with van der Waals surface area (Å²) in [5, 5.41) is 10.4. The number of thiazole rings is 1. The number of nitrogens with zero attached hydrogens (tertiary/aromatic N) is 2. The van der Waals surface area contributed by atoms with E-state index < -0.39 is 23.7 Å². The molecule has 2 aliphatic heterocycles. The topological polar surface area (TPSA) is 99.4 Å². The van der Waals surface area contributed by atoms with Gasteiger partial charge in [0.15, 0.2) is 16.3 Å². The zero-order chi connectivity index (χ0) is 22.6. The maximum Gasteiger partial charge on any atom is 0.317 e. The van der Waals surface area contributed by atoms with Crippen LogP contribution in [0, 0.1) is 5.92 Å². The van der Waals surface area contributed by atoms with Gasteiger partial charge in [-0.1, -0.05) is 41.7 Å². The highest BCUT2D eigenvalue weighted by Gasteiger charge is 2.55. The minimum absolute atomic E-state index is 0.0606. The Balaban J connectivity index is 1.79. The molecule has 0 amide bonds. The lowest BCUT2D eigenvalue weighted by atomic mass is 9.81. The van der Waals surface area contributed by atoms with Crippen molar-refractivity contribution in [3.63, 3.8) is 0 Å². The minimum atomic E-state index is -1.22. The van der Waals surface area contributed by atoms with E-state index in [1.807, 2.05) is 18.2 Å². The second-order valence-electron chi connectivity index (χ2n) is 7.72. The van der Waals surface area contributed by atoms with Crippen LogP contribution in [0.25, 0.3) is 6.08 Å². The van der Waals surface area contributed by atoms with Crippen molar-refractivity contribution in [1.29, 1.82) is 0 Å². The molecule has 1 N–H and O–H groups in total. The molecule has 5 rings (SSSR count). The van der Waals surface area contributed by atoms with Crippen molar-refractivity contribution in [2.75, 3.05) is 14.2 Å². The van der Waals surface area contributed by atoms with E-state index >= 15 is 0 Å². The van der Waals surface area contributed by atoms with E-state index in [1.54, 1.807) is 37.3 Å². The van der Waals surface area contributed by atoms with Gasteiger partial charge in [0.1, 0.15) is 11.7 Å². The molecule has 8 nitrogen and oxygen atoms in total. The van der Waals surface area contributed by atoms with Crippen LogP contribution < -0.4 is 24.4 Å². The summed E-state index contributed by atoms with van der Waals surface area (Å²) in [6.07, 6.45) is 1.60. The largest absolute Gasteiger partial charge is 0.504 e. The van der Waals surface area contributed by atoms with Gasteiger partial charge in [0, 0.05) is 11.1 Å². The molecule has 2 aromatic carbocycles. The summed E-state index contributed by atoms with van der Waals surface area (Å²) in [6, 6.07) is 11.7. The Bertz CT molecular complexity index is 1420. The summed E-state index contributed by atoms with van der Waals surface area (Å²) in [7, 11) is 2.77. The predicted octanol–water partition coefficient (Wildman–Crippen LogP) is 1.57. The summed E-state index contributed by atoms with van der Waals surface area (Å²) >= 11 is 1.17. The summed E-state index contributed by atoms with van der Waals surface area (Å²) in [6.45, 7) is 1.72. The Hall–Kier alpha value is -3.59. The molecule has 32 heavy (non-hydrogen) atoms. The average Bonchev–Trinajstić information content (AvgIpc) is 3.07. The molecule has 0 saturated heterocycles. The fourth-order valence-electron chi connectivity index (χ4n) is 4.39. The van der Waals surface area contributed by atoms with Gasteiger partial charge in [-0.15, -0.1) is 0 Å². The van der Waals surface area contributed by atoms with Crippen LogP contribution in [-0.4, -0.2) is 35.6 Å². The first-order valence-corrected chi connectivity index (χ1v) is 10.7. The number of phenolic OH excluding ortho intramolecular Hbond substituents is 1. The SMILES string of the molecule is COC(=O)C1C2c3ccccc3O[C@]1(C)N=c1s/c(=C\c3cccc(OC)c3O)c(=O)n12. The monoisotopic (exact) mass is 452 g/mol. The molecule has 9 heteroatoms. The van der Waals surface area contributed by atoms with E-state index in [0.29, 0.717) is 32.0 Å². The van der Waals surface area contributed by atoms with Crippen molar-refractivity contribution in [1.82, 2.24) is 4.57 Å². The normalized spacial score (nSPS) is 23.4. The lowest BCUT2D eigenvalue weighted by molar-refractivity contribution is -0.158. The van der Waals surface area contributed by atoms with Gasteiger partial charge in [-0.25, -0.2) is 4.99 Å². The van der Waals surface area contributed by atoms with Gasteiger partial charge in [-0.3, -0.25) is 14.2 Å². The number of esters is 1. The summed E-state index contributed by atoms with van der Waals surface area (Å²) in [5.41, 5.74) is -0.379. The molecular weight excluding hydrogens is 432 g/mol. The van der Waals surface area contributed by atoms with E-state index in [0.717, 1.165) is 0 Å². The van der Waals surface area contributed by atoms with Gasteiger partial charge in [0.25, 0.3) is 5.56 Å². The molecule has 0 radical (unpaired) electrons. The quantitative estimate of drug-likeness (QED) is 0.606. The minimum Gasteiger partial charge on any atom is -0.504 e. The molecule has 2 aliphatic rings. The number of methoxy groups -OCH3 is 2. The van der Waals surface area contributed by atoms with Gasteiger partial charge in [0.2, 0.25) is 5.72 Å². The Morgan fingerprint density at radius 1 is 1.25 bits per heavy atom. The number of carbonyl (C=O) groups is 1. The number of fused-ring (bicyclic) bond motifs is 6. The predicted molar refractivity (Wildman–Crippen MR) is 117 cm³/mol. The molecule has 0 fully saturated rings. The molecule has 3 atom stereocenters. The van der Waals surface area contributed by atoms with Crippen LogP contribution >= 0.6 is 11.3 Å². The second-order valence-corrected chi connectivity index (χ2v) is 8.73. The molecule has 0 spiro atoms. The Morgan fingerprint density at radius 3 is 2.78 bits per heavy atom. The van der Waals surface area contributed by atoms with Gasteiger partial charge in [-0.05, 0) is 25.1 Å². The molecule has 164 valence electrons. The van der Waals surface area contributed by atoms with Crippen LogP contribution in [0.2, 0.25) is 0 Å². The maximum absolute atomic E-state index is 13.5. The molecular formula is C23H20N2O6S. The molecule has 0 saturated carbocycles. The number of aromatic nitrogens is 1. The highest BCUT2D eigenvalue weighted by atomic mass is 32.1. The molecule has 0 aliphatic carbocycles. The number of benzene rings is 2. The van der Waals surface area contributed by atoms with Crippen LogP contribution in [0.15, 0.2) is 52.3 Å². The van der Waals surface area contributed by atoms with E-state index in [2.05, 4.69) is 4.99 Å². The van der Waals surface area contributed by atoms with Crippen LogP contribution in [0.5, 0.6) is 17.2 Å². The van der Waals surface area contributed by atoms with Crippen LogP contribution in [0.4, 0.5) is 0 Å². The number of hydrogen-bond donors (Lipinski definition) is 1. The van der Waals surface area contributed by atoms with Crippen molar-refractivity contribution in [3.05, 3.63) is 73.3 Å². The van der Waals surface area contributed by atoms with Crippen LogP contribution in [0.3, 0.4) is 0 Å². The lowest BCUT2D eigenvalue weighted by Gasteiger charge is -2.44. The number of ether oxygens (including phenoxy) is 3. The summed E-state index contributed by atoms with van der Waals surface area (Å²) in [4.78, 5) is 31.4. The average molecular weight is 452 g/mol. The third-order valence-corrected chi connectivity index (χ3v) is 6.85. The molecule has 2 unspecified atom stereocenters. The van der Waals surface area contributed by atoms with E-state index in [9.17, 15) is 14.7 Å². The smallest absolute Gasteiger partial charge is 0.317 e. The van der Waals surface area contributed by atoms with Crippen LogP contribution in [0.1, 0.15) is 24.1 Å². The third-order valence-electron chi connectivity index (χ3n) is 5.87. The summed E-state index contributed by atoms with van der Waals surface area (Å²) < 4.78 is 18.3.